The topological polar surface area (TPSA) is 58.1 Å². The largest absolute Gasteiger partial charge is 0.341 e. The normalized spacial score (nSPS) is 23.4. The van der Waals surface area contributed by atoms with Gasteiger partial charge in [-0.3, -0.25) is 4.79 Å². The Morgan fingerprint density at radius 1 is 1.20 bits per heavy atom. The second kappa shape index (κ2) is 8.14. The van der Waals surface area contributed by atoms with Gasteiger partial charge in [-0.05, 0) is 73.5 Å². The Hall–Kier alpha value is -2.21. The van der Waals surface area contributed by atoms with Crippen LogP contribution in [0.1, 0.15) is 43.2 Å². The minimum absolute atomic E-state index is 0.115. The van der Waals surface area contributed by atoms with Gasteiger partial charge in [-0.2, -0.15) is 0 Å². The Bertz CT molecular complexity index is 943. The Balaban J connectivity index is 1.07. The highest BCUT2D eigenvalue weighted by atomic mass is 35.5. The molecule has 2 aliphatic heterocycles. The van der Waals surface area contributed by atoms with E-state index in [1.807, 2.05) is 6.07 Å². The van der Waals surface area contributed by atoms with Crippen LogP contribution < -0.4 is 10.2 Å². The number of rotatable bonds is 6. The van der Waals surface area contributed by atoms with Crippen molar-refractivity contribution in [3.63, 3.8) is 0 Å². The lowest BCUT2D eigenvalue weighted by molar-refractivity contribution is -0.115. The Morgan fingerprint density at radius 3 is 2.73 bits per heavy atom. The van der Waals surface area contributed by atoms with E-state index in [1.54, 1.807) is 18.5 Å². The molecule has 2 aromatic rings. The lowest BCUT2D eigenvalue weighted by Crippen LogP contribution is -2.35. The zero-order valence-corrected chi connectivity index (χ0v) is 17.7. The predicted octanol–water partition coefficient (Wildman–Crippen LogP) is 4.64. The van der Waals surface area contributed by atoms with Crippen LogP contribution in [-0.4, -0.2) is 29.0 Å². The van der Waals surface area contributed by atoms with Crippen LogP contribution in [0.5, 0.6) is 0 Å². The van der Waals surface area contributed by atoms with Crippen molar-refractivity contribution in [3.05, 3.63) is 46.5 Å². The number of benzene rings is 1. The molecule has 1 amide bonds. The molecule has 1 aliphatic carbocycles. The van der Waals surface area contributed by atoms with E-state index >= 15 is 0 Å². The van der Waals surface area contributed by atoms with E-state index in [9.17, 15) is 9.18 Å². The minimum atomic E-state index is -0.297. The van der Waals surface area contributed by atoms with Gasteiger partial charge in [0.25, 0.3) is 0 Å². The number of nitrogens with zero attached hydrogens (tertiary/aromatic N) is 3. The summed E-state index contributed by atoms with van der Waals surface area (Å²) in [5.74, 6) is 2.83. The van der Waals surface area contributed by atoms with Crippen LogP contribution in [0.2, 0.25) is 5.02 Å². The molecule has 30 heavy (non-hydrogen) atoms. The fourth-order valence-corrected chi connectivity index (χ4v) is 5.35. The van der Waals surface area contributed by atoms with Crippen LogP contribution in [0.3, 0.4) is 0 Å². The average Bonchev–Trinajstić information content (AvgIpc) is 3.41. The number of aromatic nitrogens is 2. The number of hydrogen-bond acceptors (Lipinski definition) is 4. The number of anilines is 2. The molecule has 3 heterocycles. The van der Waals surface area contributed by atoms with Gasteiger partial charge in [-0.1, -0.05) is 17.7 Å². The fraction of sp³-hybridized carbons (Fsp3) is 0.522. The van der Waals surface area contributed by atoms with Crippen LogP contribution in [0.4, 0.5) is 16.0 Å². The van der Waals surface area contributed by atoms with E-state index in [2.05, 4.69) is 20.2 Å². The van der Waals surface area contributed by atoms with Crippen LogP contribution >= 0.6 is 11.6 Å². The highest BCUT2D eigenvalue weighted by molar-refractivity contribution is 6.30. The molecule has 3 aliphatic rings. The molecule has 7 heteroatoms. The summed E-state index contributed by atoms with van der Waals surface area (Å²) in [6.07, 6.45) is 10.5. The van der Waals surface area contributed by atoms with Gasteiger partial charge in [0.05, 0.1) is 29.5 Å². The Labute approximate surface area is 181 Å². The van der Waals surface area contributed by atoms with Crippen molar-refractivity contribution in [2.45, 2.75) is 44.9 Å². The number of fused-ring (bicyclic) bond motifs is 1. The van der Waals surface area contributed by atoms with Crippen molar-refractivity contribution in [1.29, 1.82) is 0 Å². The van der Waals surface area contributed by atoms with E-state index < -0.39 is 0 Å². The Kier molecular flexibility index (Phi) is 5.35. The summed E-state index contributed by atoms with van der Waals surface area (Å²) >= 11 is 5.88. The number of carbonyl (C=O) groups excluding carboxylic acids is 1. The molecule has 1 unspecified atom stereocenters. The van der Waals surface area contributed by atoms with E-state index in [-0.39, 0.29) is 11.7 Å². The van der Waals surface area contributed by atoms with Crippen molar-refractivity contribution >= 4 is 29.1 Å². The molecule has 158 valence electrons. The molecule has 1 saturated carbocycles. The van der Waals surface area contributed by atoms with E-state index in [0.29, 0.717) is 17.1 Å². The number of aryl methyl sites for hydroxylation is 1. The molecule has 5 nitrogen and oxygen atoms in total. The minimum Gasteiger partial charge on any atom is -0.341 e. The molecule has 5 rings (SSSR count). The van der Waals surface area contributed by atoms with Gasteiger partial charge in [0.1, 0.15) is 5.82 Å². The first-order valence-corrected chi connectivity index (χ1v) is 11.3. The number of amides is 1. The molecule has 0 radical (unpaired) electrons. The second-order valence-electron chi connectivity index (χ2n) is 8.91. The zero-order valence-electron chi connectivity index (χ0n) is 16.9. The molecule has 2 atom stereocenters. The lowest BCUT2D eigenvalue weighted by Gasteiger charge is -2.32. The SMILES string of the molecule is O=C1Cc2cc(CCCC3C[C@@H]3C3CCN(c4ncc(Cl)cn4)CC3)cc(F)c2N1. The van der Waals surface area contributed by atoms with Crippen LogP contribution in [0, 0.1) is 23.6 Å². The molecular weight excluding hydrogens is 403 g/mol. The first kappa shape index (κ1) is 19.7. The maximum Gasteiger partial charge on any atom is 0.228 e. The van der Waals surface area contributed by atoms with Gasteiger partial charge in [0, 0.05) is 13.1 Å². The van der Waals surface area contributed by atoms with Gasteiger partial charge >= 0.3 is 0 Å². The summed E-state index contributed by atoms with van der Waals surface area (Å²) in [5, 5.41) is 3.18. The molecule has 1 aromatic carbocycles. The predicted molar refractivity (Wildman–Crippen MR) is 115 cm³/mol. The quantitative estimate of drug-likeness (QED) is 0.728. The third-order valence-corrected chi connectivity index (χ3v) is 7.09. The summed E-state index contributed by atoms with van der Waals surface area (Å²) < 4.78 is 14.2. The Morgan fingerprint density at radius 2 is 1.97 bits per heavy atom. The number of nitrogens with one attached hydrogen (secondary N) is 1. The van der Waals surface area contributed by atoms with Gasteiger partial charge in [-0.25, -0.2) is 14.4 Å². The highest BCUT2D eigenvalue weighted by Crippen LogP contribution is 2.50. The molecule has 0 spiro atoms. The third kappa shape index (κ3) is 4.15. The van der Waals surface area contributed by atoms with Crippen molar-refractivity contribution in [1.82, 2.24) is 9.97 Å². The first-order valence-electron chi connectivity index (χ1n) is 10.9. The maximum absolute atomic E-state index is 14.2. The van der Waals surface area contributed by atoms with Gasteiger partial charge in [0.2, 0.25) is 11.9 Å². The van der Waals surface area contributed by atoms with Gasteiger partial charge in [0.15, 0.2) is 0 Å². The van der Waals surface area contributed by atoms with Crippen LogP contribution in [-0.2, 0) is 17.6 Å². The number of hydrogen-bond donors (Lipinski definition) is 1. The zero-order chi connectivity index (χ0) is 20.7. The standard InChI is InChI=1S/C23H26ClFN4O/c24-18-12-26-23(27-13-18)29-6-4-15(5-7-29)19-10-16(19)3-1-2-14-8-17-11-21(30)28-22(17)20(25)9-14/h8-9,12-13,15-16,19H,1-7,10-11H2,(H,28,30)/t16?,19-/m1/s1. The highest BCUT2D eigenvalue weighted by Gasteiger charge is 2.43. The maximum atomic E-state index is 14.2. The van der Waals surface area contributed by atoms with Crippen molar-refractivity contribution in [2.24, 2.45) is 17.8 Å². The number of halogens is 2. The molecule has 2 fully saturated rings. The smallest absolute Gasteiger partial charge is 0.228 e. The molecule has 1 N–H and O–H groups in total. The van der Waals surface area contributed by atoms with Crippen LogP contribution in [0.25, 0.3) is 0 Å². The molecular formula is C23H26ClFN4O. The van der Waals surface area contributed by atoms with Crippen molar-refractivity contribution in [2.75, 3.05) is 23.3 Å². The number of piperidine rings is 1. The summed E-state index contributed by atoms with van der Waals surface area (Å²) in [6.45, 7) is 2.02. The van der Waals surface area contributed by atoms with Crippen LogP contribution in [0.15, 0.2) is 24.5 Å². The summed E-state index contributed by atoms with van der Waals surface area (Å²) in [5.41, 5.74) is 2.19. The average molecular weight is 429 g/mol. The fourth-order valence-electron chi connectivity index (χ4n) is 5.25. The van der Waals surface area contributed by atoms with E-state index in [1.165, 1.54) is 25.7 Å². The number of carbonyl (C=O) groups is 1. The summed E-state index contributed by atoms with van der Waals surface area (Å²) in [7, 11) is 0. The van der Waals surface area contributed by atoms with Gasteiger partial charge in [-0.15, -0.1) is 0 Å². The molecule has 1 aromatic heterocycles. The second-order valence-corrected chi connectivity index (χ2v) is 9.35. The first-order chi connectivity index (χ1) is 14.6. The monoisotopic (exact) mass is 428 g/mol. The summed E-state index contributed by atoms with van der Waals surface area (Å²) in [6, 6.07) is 3.58. The third-order valence-electron chi connectivity index (χ3n) is 6.90. The summed E-state index contributed by atoms with van der Waals surface area (Å²) in [4.78, 5) is 22.4. The van der Waals surface area contributed by atoms with Gasteiger partial charge < -0.3 is 10.2 Å². The van der Waals surface area contributed by atoms with E-state index in [0.717, 1.165) is 60.8 Å². The van der Waals surface area contributed by atoms with Crippen molar-refractivity contribution in [3.8, 4) is 0 Å². The van der Waals surface area contributed by atoms with E-state index in [4.69, 9.17) is 11.6 Å². The lowest BCUT2D eigenvalue weighted by atomic mass is 9.90. The molecule has 1 saturated heterocycles. The van der Waals surface area contributed by atoms with Crippen molar-refractivity contribution < 1.29 is 9.18 Å². The molecule has 0 bridgehead atoms.